The maximum absolute atomic E-state index is 12.0. The van der Waals surface area contributed by atoms with Crippen LogP contribution in [-0.2, 0) is 14.3 Å². The number of carboxylic acid groups (broad SMARTS) is 1. The fourth-order valence-corrected chi connectivity index (χ4v) is 8.90. The zero-order valence-electron chi connectivity index (χ0n) is 43.1. The Kier molecular flexibility index (Phi) is 60.9. The molecule has 0 heterocycles. The number of hydrogen-bond acceptors (Lipinski definition) is 3. The molecular weight excluding hydrogens is 761 g/mol. The second kappa shape index (κ2) is 59.9. The molecule has 4 nitrogen and oxygen atoms in total. The van der Waals surface area contributed by atoms with Crippen molar-refractivity contribution in [3.63, 3.8) is 0 Å². The number of esters is 1. The van der Waals surface area contributed by atoms with Crippen molar-refractivity contribution >= 4 is 11.9 Å². The molecule has 0 aromatic heterocycles. The second-order valence-electron chi connectivity index (χ2n) is 19.7. The van der Waals surface area contributed by atoms with Gasteiger partial charge < -0.3 is 9.84 Å². The Bertz CT molecular complexity index is 811. The SMILES string of the molecule is CCCCCCCCCCCCCCCCCC(=O)O.CCCCCCCCCCCCCCCCCCCCCCOC(=O)CCCCCCCCCCCCCCCCC. The Balaban J connectivity index is 0. The lowest BCUT2D eigenvalue weighted by Gasteiger charge is -2.06. The molecule has 0 aliphatic heterocycles. The molecule has 0 atom stereocenters. The maximum atomic E-state index is 12.0. The van der Waals surface area contributed by atoms with Gasteiger partial charge >= 0.3 is 11.9 Å². The first-order chi connectivity index (χ1) is 30.6. The summed E-state index contributed by atoms with van der Waals surface area (Å²) >= 11 is 0. The van der Waals surface area contributed by atoms with Crippen molar-refractivity contribution in [3.05, 3.63) is 0 Å². The second-order valence-corrected chi connectivity index (χ2v) is 19.7. The molecule has 1 N–H and O–H groups in total. The van der Waals surface area contributed by atoms with Gasteiger partial charge in [-0.05, 0) is 19.3 Å². The van der Waals surface area contributed by atoms with Crippen LogP contribution in [0.3, 0.4) is 0 Å². The van der Waals surface area contributed by atoms with Crippen LogP contribution in [-0.4, -0.2) is 23.7 Å². The maximum Gasteiger partial charge on any atom is 0.305 e. The molecule has 0 spiro atoms. The minimum Gasteiger partial charge on any atom is -0.481 e. The molecule has 0 saturated heterocycles. The third kappa shape index (κ3) is 63.2. The first kappa shape index (κ1) is 63.0. The zero-order chi connectivity index (χ0) is 45.3. The average molecular weight is 878 g/mol. The summed E-state index contributed by atoms with van der Waals surface area (Å²) in [7, 11) is 0. The van der Waals surface area contributed by atoms with E-state index in [0.717, 1.165) is 25.7 Å². The monoisotopic (exact) mass is 877 g/mol. The molecule has 0 fully saturated rings. The van der Waals surface area contributed by atoms with Gasteiger partial charge in [-0.3, -0.25) is 9.59 Å². The van der Waals surface area contributed by atoms with Crippen molar-refractivity contribution in [2.75, 3.05) is 6.61 Å². The number of rotatable bonds is 53. The summed E-state index contributed by atoms with van der Waals surface area (Å²) < 4.78 is 5.46. The number of unbranched alkanes of at least 4 members (excludes halogenated alkanes) is 47. The van der Waals surface area contributed by atoms with Crippen molar-refractivity contribution in [3.8, 4) is 0 Å². The molecule has 0 radical (unpaired) electrons. The fourth-order valence-electron chi connectivity index (χ4n) is 8.90. The molecule has 0 saturated carbocycles. The minimum atomic E-state index is -0.653. The van der Waals surface area contributed by atoms with E-state index in [2.05, 4.69) is 20.8 Å². The molecule has 0 aliphatic carbocycles. The molecule has 62 heavy (non-hydrogen) atoms. The zero-order valence-corrected chi connectivity index (χ0v) is 43.1. The van der Waals surface area contributed by atoms with E-state index >= 15 is 0 Å². The third-order valence-corrected chi connectivity index (χ3v) is 13.2. The Labute approximate surface area is 391 Å². The van der Waals surface area contributed by atoms with E-state index in [4.69, 9.17) is 9.84 Å². The van der Waals surface area contributed by atoms with Crippen LogP contribution in [0, 0.1) is 0 Å². The van der Waals surface area contributed by atoms with E-state index in [9.17, 15) is 9.59 Å². The summed E-state index contributed by atoms with van der Waals surface area (Å²) in [5, 5.41) is 8.52. The van der Waals surface area contributed by atoms with E-state index in [1.165, 1.54) is 295 Å². The van der Waals surface area contributed by atoms with Gasteiger partial charge in [-0.15, -0.1) is 0 Å². The number of carbonyl (C=O) groups excluding carboxylic acids is 1. The lowest BCUT2D eigenvalue weighted by molar-refractivity contribution is -0.144. The summed E-state index contributed by atoms with van der Waals surface area (Å²) in [6, 6.07) is 0. The van der Waals surface area contributed by atoms with Gasteiger partial charge in [0.05, 0.1) is 6.61 Å². The topological polar surface area (TPSA) is 63.6 Å². The van der Waals surface area contributed by atoms with Gasteiger partial charge in [0.15, 0.2) is 0 Å². The summed E-state index contributed by atoms with van der Waals surface area (Å²) in [5.74, 6) is -0.623. The molecule has 4 heteroatoms. The van der Waals surface area contributed by atoms with Crippen LogP contribution < -0.4 is 0 Å². The molecule has 372 valence electrons. The largest absolute Gasteiger partial charge is 0.481 e. The van der Waals surface area contributed by atoms with Crippen LogP contribution in [0.25, 0.3) is 0 Å². The lowest BCUT2D eigenvalue weighted by Crippen LogP contribution is -2.05. The predicted octanol–water partition coefficient (Wildman–Crippen LogP) is 20.9. The summed E-state index contributed by atoms with van der Waals surface area (Å²) in [6.07, 6.45) is 69.2. The van der Waals surface area contributed by atoms with Crippen molar-refractivity contribution in [2.45, 2.75) is 355 Å². The summed E-state index contributed by atoms with van der Waals surface area (Å²) in [5.41, 5.74) is 0. The number of carboxylic acids is 1. The van der Waals surface area contributed by atoms with Gasteiger partial charge in [0.25, 0.3) is 0 Å². The van der Waals surface area contributed by atoms with Crippen LogP contribution in [0.4, 0.5) is 0 Å². The molecule has 0 amide bonds. The van der Waals surface area contributed by atoms with Crippen molar-refractivity contribution in [2.24, 2.45) is 0 Å². The van der Waals surface area contributed by atoms with E-state index < -0.39 is 5.97 Å². The van der Waals surface area contributed by atoms with Crippen LogP contribution in [0.5, 0.6) is 0 Å². The van der Waals surface area contributed by atoms with Crippen LogP contribution in [0.15, 0.2) is 0 Å². The van der Waals surface area contributed by atoms with E-state index in [0.29, 0.717) is 19.4 Å². The van der Waals surface area contributed by atoms with E-state index in [-0.39, 0.29) is 5.97 Å². The number of carbonyl (C=O) groups is 2. The van der Waals surface area contributed by atoms with Gasteiger partial charge in [-0.1, -0.05) is 323 Å². The normalized spacial score (nSPS) is 11.2. The smallest absolute Gasteiger partial charge is 0.305 e. The number of ether oxygens (including phenoxy) is 1. The highest BCUT2D eigenvalue weighted by atomic mass is 16.5. The molecule has 0 aromatic carbocycles. The van der Waals surface area contributed by atoms with Gasteiger partial charge in [-0.25, -0.2) is 0 Å². The highest BCUT2D eigenvalue weighted by Gasteiger charge is 2.03. The standard InChI is InChI=1S/C40H80O2.C18H36O2/c1-3-5-7-9-11-13-15-17-19-20-21-22-23-25-27-29-31-33-35-37-39-42-40(41)38-36-34-32-30-28-26-24-18-16-14-12-10-8-6-4-2;1-2-3-4-5-6-7-8-9-10-11-12-13-14-15-16-17-18(19)20/h3-39H2,1-2H3;2-17H2,1H3,(H,19,20). The first-order valence-corrected chi connectivity index (χ1v) is 29.0. The van der Waals surface area contributed by atoms with Gasteiger partial charge in [0.2, 0.25) is 0 Å². The highest BCUT2D eigenvalue weighted by molar-refractivity contribution is 5.69. The average Bonchev–Trinajstić information content (AvgIpc) is 3.27. The minimum absolute atomic E-state index is 0.0301. The van der Waals surface area contributed by atoms with Crippen molar-refractivity contribution in [1.82, 2.24) is 0 Å². The fraction of sp³-hybridized carbons (Fsp3) is 0.966. The third-order valence-electron chi connectivity index (χ3n) is 13.2. The Morgan fingerprint density at radius 3 is 0.645 bits per heavy atom. The summed E-state index contributed by atoms with van der Waals surface area (Å²) in [4.78, 5) is 22.3. The Morgan fingerprint density at radius 1 is 0.258 bits per heavy atom. The molecule has 0 bridgehead atoms. The van der Waals surface area contributed by atoms with Gasteiger partial charge in [-0.2, -0.15) is 0 Å². The quantitative estimate of drug-likeness (QED) is 0.0488. The summed E-state index contributed by atoms with van der Waals surface area (Å²) in [6.45, 7) is 7.49. The number of hydrogen-bond donors (Lipinski definition) is 1. The van der Waals surface area contributed by atoms with Crippen LogP contribution in [0.2, 0.25) is 0 Å². The molecule has 0 rings (SSSR count). The predicted molar refractivity (Wildman–Crippen MR) is 276 cm³/mol. The lowest BCUT2D eigenvalue weighted by atomic mass is 10.0. The number of aliphatic carboxylic acids is 1. The van der Waals surface area contributed by atoms with Crippen molar-refractivity contribution in [1.29, 1.82) is 0 Å². The Morgan fingerprint density at radius 2 is 0.435 bits per heavy atom. The van der Waals surface area contributed by atoms with Gasteiger partial charge in [0, 0.05) is 12.8 Å². The highest BCUT2D eigenvalue weighted by Crippen LogP contribution is 2.17. The molecule has 0 unspecified atom stereocenters. The van der Waals surface area contributed by atoms with Crippen LogP contribution in [0.1, 0.15) is 355 Å². The Hall–Kier alpha value is -1.06. The molecule has 0 aliphatic rings. The first-order valence-electron chi connectivity index (χ1n) is 29.0. The molecule has 0 aromatic rings. The van der Waals surface area contributed by atoms with Gasteiger partial charge in [0.1, 0.15) is 0 Å². The molecular formula is C58H116O4. The van der Waals surface area contributed by atoms with Crippen LogP contribution >= 0.6 is 0 Å². The van der Waals surface area contributed by atoms with E-state index in [1.54, 1.807) is 0 Å². The van der Waals surface area contributed by atoms with Crippen molar-refractivity contribution < 1.29 is 19.4 Å². The van der Waals surface area contributed by atoms with E-state index in [1.807, 2.05) is 0 Å².